The molecule has 0 radical (unpaired) electrons. The quantitative estimate of drug-likeness (QED) is 0.707. The normalized spacial score (nSPS) is 10.7. The number of nitrogens with zero attached hydrogens (tertiary/aromatic N) is 4. The highest BCUT2D eigenvalue weighted by molar-refractivity contribution is 5.92. The molecule has 0 spiro atoms. The van der Waals surface area contributed by atoms with E-state index in [-0.39, 0.29) is 18.0 Å². The van der Waals surface area contributed by atoms with Gasteiger partial charge in [-0.15, -0.1) is 0 Å². The second-order valence-corrected chi connectivity index (χ2v) is 6.41. The average molecular weight is 381 g/mol. The lowest BCUT2D eigenvalue weighted by atomic mass is 10.3. The molecular formula is C20H23N5O3. The van der Waals surface area contributed by atoms with Crippen LogP contribution in [0.4, 0.5) is 5.69 Å². The molecule has 0 bridgehead atoms. The molecule has 2 heterocycles. The van der Waals surface area contributed by atoms with Crippen LogP contribution < -0.4 is 15.6 Å². The molecule has 0 saturated carbocycles. The van der Waals surface area contributed by atoms with E-state index in [4.69, 9.17) is 4.74 Å². The highest BCUT2D eigenvalue weighted by Gasteiger charge is 2.17. The van der Waals surface area contributed by atoms with Gasteiger partial charge in [0.05, 0.1) is 18.5 Å². The second-order valence-electron chi connectivity index (χ2n) is 6.41. The molecule has 0 aliphatic carbocycles. The van der Waals surface area contributed by atoms with E-state index in [0.717, 1.165) is 11.4 Å². The van der Waals surface area contributed by atoms with Crippen molar-refractivity contribution in [2.45, 2.75) is 33.7 Å². The number of anilines is 1. The molecular weight excluding hydrogens is 358 g/mol. The molecule has 1 N–H and O–H groups in total. The molecule has 3 rings (SSSR count). The van der Waals surface area contributed by atoms with Crippen LogP contribution in [0, 0.1) is 13.8 Å². The summed E-state index contributed by atoms with van der Waals surface area (Å²) in [7, 11) is 1.53. The van der Waals surface area contributed by atoms with Gasteiger partial charge in [0.1, 0.15) is 12.3 Å². The van der Waals surface area contributed by atoms with Crippen molar-refractivity contribution in [3.8, 4) is 11.7 Å². The zero-order valence-corrected chi connectivity index (χ0v) is 16.4. The standard InChI is InChI=1S/C20H23N5O3/c1-5-15-11-19(27)24(20(21-15)25-14(3)10-13(2)23-25)12-18(26)22-16-8-6-7-9-17(16)28-4/h6-11H,5,12H2,1-4H3,(H,22,26). The van der Waals surface area contributed by atoms with Crippen LogP contribution in [0.3, 0.4) is 0 Å². The number of carbonyl (C=O) groups is 1. The van der Waals surface area contributed by atoms with Gasteiger partial charge in [-0.1, -0.05) is 19.1 Å². The van der Waals surface area contributed by atoms with E-state index < -0.39 is 0 Å². The van der Waals surface area contributed by atoms with E-state index in [1.165, 1.54) is 17.7 Å². The number of nitrogens with one attached hydrogen (secondary N) is 1. The summed E-state index contributed by atoms with van der Waals surface area (Å²) in [5.74, 6) is 0.506. The highest BCUT2D eigenvalue weighted by Crippen LogP contribution is 2.23. The molecule has 8 nitrogen and oxygen atoms in total. The first-order chi connectivity index (χ1) is 13.4. The topological polar surface area (TPSA) is 91.0 Å². The molecule has 0 saturated heterocycles. The maximum atomic E-state index is 12.7. The van der Waals surface area contributed by atoms with Gasteiger partial charge in [0, 0.05) is 17.5 Å². The van der Waals surface area contributed by atoms with Crippen LogP contribution in [0.1, 0.15) is 24.0 Å². The minimum absolute atomic E-state index is 0.193. The third-order valence-corrected chi connectivity index (χ3v) is 4.29. The number of hydrogen-bond acceptors (Lipinski definition) is 5. The molecule has 8 heteroatoms. The zero-order chi connectivity index (χ0) is 20.3. The predicted octanol–water partition coefficient (Wildman–Crippen LogP) is 2.26. The number of para-hydroxylation sites is 2. The van der Waals surface area contributed by atoms with Crippen molar-refractivity contribution in [2.24, 2.45) is 0 Å². The third-order valence-electron chi connectivity index (χ3n) is 4.29. The Balaban J connectivity index is 1.98. The second kappa shape index (κ2) is 8.08. The Kier molecular flexibility index (Phi) is 5.58. The van der Waals surface area contributed by atoms with E-state index in [1.807, 2.05) is 32.9 Å². The van der Waals surface area contributed by atoms with Crippen molar-refractivity contribution in [2.75, 3.05) is 12.4 Å². The van der Waals surface area contributed by atoms with Crippen molar-refractivity contribution in [1.29, 1.82) is 0 Å². The number of aryl methyl sites for hydroxylation is 3. The molecule has 0 aliphatic heterocycles. The number of hydrogen-bond donors (Lipinski definition) is 1. The van der Waals surface area contributed by atoms with Crippen LogP contribution in [-0.2, 0) is 17.8 Å². The SMILES string of the molecule is CCc1cc(=O)n(CC(=O)Nc2ccccc2OC)c(-n2nc(C)cc2C)n1. The number of benzene rings is 1. The third kappa shape index (κ3) is 3.95. The van der Waals surface area contributed by atoms with E-state index in [2.05, 4.69) is 15.4 Å². The van der Waals surface area contributed by atoms with Crippen LogP contribution in [0.2, 0.25) is 0 Å². The van der Waals surface area contributed by atoms with E-state index in [0.29, 0.717) is 29.5 Å². The largest absolute Gasteiger partial charge is 0.495 e. The van der Waals surface area contributed by atoms with Crippen LogP contribution in [0.15, 0.2) is 41.2 Å². The van der Waals surface area contributed by atoms with Gasteiger partial charge in [0.2, 0.25) is 11.9 Å². The first-order valence-corrected chi connectivity index (χ1v) is 9.00. The van der Waals surface area contributed by atoms with Crippen LogP contribution in [0.5, 0.6) is 5.75 Å². The average Bonchev–Trinajstić information content (AvgIpc) is 3.01. The minimum atomic E-state index is -0.361. The lowest BCUT2D eigenvalue weighted by molar-refractivity contribution is -0.116. The van der Waals surface area contributed by atoms with Gasteiger partial charge in [-0.2, -0.15) is 5.10 Å². The number of methoxy groups -OCH3 is 1. The fourth-order valence-corrected chi connectivity index (χ4v) is 2.94. The summed E-state index contributed by atoms with van der Waals surface area (Å²) in [5, 5.41) is 7.20. The number of aromatic nitrogens is 4. The maximum absolute atomic E-state index is 12.7. The van der Waals surface area contributed by atoms with E-state index >= 15 is 0 Å². The summed E-state index contributed by atoms with van der Waals surface area (Å²) >= 11 is 0. The Hall–Kier alpha value is -3.42. The lowest BCUT2D eigenvalue weighted by Gasteiger charge is -2.15. The van der Waals surface area contributed by atoms with Crippen molar-refractivity contribution in [3.63, 3.8) is 0 Å². The molecule has 0 unspecified atom stereocenters. The maximum Gasteiger partial charge on any atom is 0.255 e. The van der Waals surface area contributed by atoms with Crippen LogP contribution in [-0.4, -0.2) is 32.3 Å². The van der Waals surface area contributed by atoms with Crippen LogP contribution in [0.25, 0.3) is 5.95 Å². The minimum Gasteiger partial charge on any atom is -0.495 e. The summed E-state index contributed by atoms with van der Waals surface area (Å²) in [4.78, 5) is 29.9. The van der Waals surface area contributed by atoms with Crippen LogP contribution >= 0.6 is 0 Å². The Morgan fingerprint density at radius 3 is 2.61 bits per heavy atom. The summed E-state index contributed by atoms with van der Waals surface area (Å²) in [6.07, 6.45) is 0.607. The summed E-state index contributed by atoms with van der Waals surface area (Å²) in [6.45, 7) is 5.47. The molecule has 3 aromatic rings. The zero-order valence-electron chi connectivity index (χ0n) is 16.4. The lowest BCUT2D eigenvalue weighted by Crippen LogP contribution is -2.32. The first kappa shape index (κ1) is 19.3. The smallest absolute Gasteiger partial charge is 0.255 e. The summed E-state index contributed by atoms with van der Waals surface area (Å²) < 4.78 is 8.16. The highest BCUT2D eigenvalue weighted by atomic mass is 16.5. The van der Waals surface area contributed by atoms with Gasteiger partial charge >= 0.3 is 0 Å². The molecule has 0 fully saturated rings. The van der Waals surface area contributed by atoms with Gasteiger partial charge in [0.15, 0.2) is 0 Å². The number of rotatable bonds is 6. The van der Waals surface area contributed by atoms with Gasteiger partial charge in [-0.3, -0.25) is 14.2 Å². The first-order valence-electron chi connectivity index (χ1n) is 9.00. The van der Waals surface area contributed by atoms with E-state index in [1.54, 1.807) is 22.9 Å². The summed E-state index contributed by atoms with van der Waals surface area (Å²) in [5.41, 5.74) is 2.52. The van der Waals surface area contributed by atoms with Gasteiger partial charge in [-0.05, 0) is 38.5 Å². The Bertz CT molecular complexity index is 1070. The molecule has 1 aromatic carbocycles. The van der Waals surface area contributed by atoms with Gasteiger partial charge in [-0.25, -0.2) is 9.67 Å². The van der Waals surface area contributed by atoms with Gasteiger partial charge in [0.25, 0.3) is 5.56 Å². The Morgan fingerprint density at radius 2 is 1.96 bits per heavy atom. The fourth-order valence-electron chi connectivity index (χ4n) is 2.94. The predicted molar refractivity (Wildman–Crippen MR) is 106 cm³/mol. The van der Waals surface area contributed by atoms with Crippen molar-refractivity contribution < 1.29 is 9.53 Å². The Morgan fingerprint density at radius 1 is 1.21 bits per heavy atom. The molecule has 28 heavy (non-hydrogen) atoms. The number of carbonyl (C=O) groups excluding carboxylic acids is 1. The van der Waals surface area contributed by atoms with E-state index in [9.17, 15) is 9.59 Å². The van der Waals surface area contributed by atoms with Crippen molar-refractivity contribution in [1.82, 2.24) is 19.3 Å². The number of ether oxygens (including phenoxy) is 1. The molecule has 2 aromatic heterocycles. The molecule has 0 atom stereocenters. The van der Waals surface area contributed by atoms with Crippen molar-refractivity contribution in [3.05, 3.63) is 63.8 Å². The molecule has 1 amide bonds. The van der Waals surface area contributed by atoms with Gasteiger partial charge < -0.3 is 10.1 Å². The summed E-state index contributed by atoms with van der Waals surface area (Å²) in [6, 6.07) is 10.4. The Labute approximate surface area is 162 Å². The van der Waals surface area contributed by atoms with Crippen molar-refractivity contribution >= 4 is 11.6 Å². The monoisotopic (exact) mass is 381 g/mol. The fraction of sp³-hybridized carbons (Fsp3) is 0.300. The molecule has 146 valence electrons. The molecule has 0 aliphatic rings. The number of amides is 1.